The second-order valence-corrected chi connectivity index (χ2v) is 11.1. The summed E-state index contributed by atoms with van der Waals surface area (Å²) in [5.74, 6) is 0.723. The molecule has 1 aromatic heterocycles. The molecule has 1 amide bonds. The van der Waals surface area contributed by atoms with E-state index < -0.39 is 10.0 Å². The number of carbonyl (C=O) groups is 1. The second kappa shape index (κ2) is 9.52. The van der Waals surface area contributed by atoms with Gasteiger partial charge in [0.2, 0.25) is 10.0 Å². The van der Waals surface area contributed by atoms with E-state index in [1.165, 1.54) is 16.4 Å². The molecule has 0 radical (unpaired) electrons. The van der Waals surface area contributed by atoms with Gasteiger partial charge in [0, 0.05) is 43.3 Å². The summed E-state index contributed by atoms with van der Waals surface area (Å²) in [7, 11) is -3.63. The van der Waals surface area contributed by atoms with Gasteiger partial charge in [-0.05, 0) is 43.5 Å². The zero-order valence-corrected chi connectivity index (χ0v) is 20.4. The van der Waals surface area contributed by atoms with Crippen molar-refractivity contribution >= 4 is 27.5 Å². The highest BCUT2D eigenvalue weighted by molar-refractivity contribution is 7.89. The molecule has 0 atom stereocenters. The molecule has 7 nitrogen and oxygen atoms in total. The Morgan fingerprint density at radius 3 is 2.26 bits per heavy atom. The number of piperazine rings is 1. The number of aromatic nitrogens is 2. The summed E-state index contributed by atoms with van der Waals surface area (Å²) in [6.45, 7) is 2.01. The Morgan fingerprint density at radius 1 is 0.853 bits per heavy atom. The molecule has 0 spiro atoms. The average Bonchev–Trinajstić information content (AvgIpc) is 3.05. The highest BCUT2D eigenvalue weighted by Crippen LogP contribution is 2.28. The minimum absolute atomic E-state index is 0.114. The first-order valence-corrected chi connectivity index (χ1v) is 13.5. The van der Waals surface area contributed by atoms with Gasteiger partial charge in [0.05, 0.1) is 10.6 Å². The molecule has 1 saturated heterocycles. The monoisotopic (exact) mass is 498 g/mol. The first-order chi connectivity index (χ1) is 16.4. The number of carbonyl (C=O) groups excluding carboxylic acids is 1. The fraction of sp³-hybridized carbons (Fsp3) is 0.360. The summed E-state index contributed by atoms with van der Waals surface area (Å²) in [6.07, 6.45) is 4.06. The van der Waals surface area contributed by atoms with E-state index in [9.17, 15) is 13.2 Å². The summed E-state index contributed by atoms with van der Waals surface area (Å²) in [4.78, 5) is 20.3. The largest absolute Gasteiger partial charge is 0.335 e. The highest BCUT2D eigenvalue weighted by Gasteiger charge is 2.33. The van der Waals surface area contributed by atoms with Gasteiger partial charge in [-0.1, -0.05) is 48.4 Å². The number of nitrogens with zero attached hydrogens (tertiary/aromatic N) is 4. The molecule has 0 unspecified atom stereocenters. The third kappa shape index (κ3) is 4.37. The van der Waals surface area contributed by atoms with Crippen LogP contribution < -0.4 is 0 Å². The molecule has 1 fully saturated rings. The molecule has 2 aromatic carbocycles. The lowest BCUT2D eigenvalue weighted by Gasteiger charge is -2.33. The lowest BCUT2D eigenvalue weighted by atomic mass is 10.1. The molecule has 5 rings (SSSR count). The summed E-state index contributed by atoms with van der Waals surface area (Å²) >= 11 is 5.90. The Bertz CT molecular complexity index is 1280. The molecule has 0 N–H and O–H groups in total. The van der Waals surface area contributed by atoms with Crippen LogP contribution in [0.4, 0.5) is 0 Å². The molecule has 9 heteroatoms. The van der Waals surface area contributed by atoms with Crippen molar-refractivity contribution in [3.05, 3.63) is 71.0 Å². The van der Waals surface area contributed by atoms with Crippen LogP contribution >= 0.6 is 11.6 Å². The van der Waals surface area contributed by atoms with Gasteiger partial charge in [0.15, 0.2) is 0 Å². The van der Waals surface area contributed by atoms with Crippen LogP contribution in [0, 0.1) is 0 Å². The molecule has 3 heterocycles. The smallest absolute Gasteiger partial charge is 0.274 e. The third-order valence-electron chi connectivity index (χ3n) is 6.58. The first-order valence-electron chi connectivity index (χ1n) is 11.6. The molecular weight excluding hydrogens is 472 g/mol. The van der Waals surface area contributed by atoms with Crippen LogP contribution in [0.25, 0.3) is 11.4 Å². The fourth-order valence-corrected chi connectivity index (χ4v) is 6.28. The van der Waals surface area contributed by atoms with Crippen molar-refractivity contribution in [3.63, 3.8) is 0 Å². The maximum absolute atomic E-state index is 13.6. The predicted molar refractivity (Wildman–Crippen MR) is 131 cm³/mol. The molecule has 2 aliphatic rings. The molecule has 0 aliphatic carbocycles. The molecule has 3 aromatic rings. The molecular formula is C25H27ClN4O3S. The van der Waals surface area contributed by atoms with E-state index in [1.807, 2.05) is 30.3 Å². The summed E-state index contributed by atoms with van der Waals surface area (Å²) in [5.41, 5.74) is 2.51. The first kappa shape index (κ1) is 23.1. The van der Waals surface area contributed by atoms with Gasteiger partial charge in [-0.15, -0.1) is 0 Å². The van der Waals surface area contributed by atoms with E-state index in [0.717, 1.165) is 49.3 Å². The van der Waals surface area contributed by atoms with Crippen LogP contribution in [0.5, 0.6) is 0 Å². The van der Waals surface area contributed by atoms with Crippen LogP contribution in [-0.2, 0) is 23.0 Å². The van der Waals surface area contributed by atoms with Crippen LogP contribution in [-0.4, -0.2) is 59.3 Å². The number of halogens is 1. The lowest BCUT2D eigenvalue weighted by Crippen LogP contribution is -2.50. The number of rotatable bonds is 4. The number of hydrogen-bond acceptors (Lipinski definition) is 4. The SMILES string of the molecule is O=C(c1nc(-c2ccccc2)n2c1CCCCC2)N1CCN(S(=O)(=O)c2ccc(Cl)cc2)CC1. The number of benzene rings is 2. The number of hydrogen-bond donors (Lipinski definition) is 0. The lowest BCUT2D eigenvalue weighted by molar-refractivity contribution is 0.0691. The van der Waals surface area contributed by atoms with Crippen LogP contribution in [0.15, 0.2) is 59.5 Å². The number of amides is 1. The van der Waals surface area contributed by atoms with Crippen molar-refractivity contribution in [2.24, 2.45) is 0 Å². The minimum atomic E-state index is -3.63. The zero-order chi connectivity index (χ0) is 23.7. The Kier molecular flexibility index (Phi) is 6.46. The van der Waals surface area contributed by atoms with Crippen molar-refractivity contribution in [1.29, 1.82) is 0 Å². The van der Waals surface area contributed by atoms with Gasteiger partial charge < -0.3 is 9.47 Å². The number of fused-ring (bicyclic) bond motifs is 1. The van der Waals surface area contributed by atoms with E-state index in [4.69, 9.17) is 16.6 Å². The third-order valence-corrected chi connectivity index (χ3v) is 8.74. The Hall–Kier alpha value is -2.68. The van der Waals surface area contributed by atoms with Crippen LogP contribution in [0.2, 0.25) is 5.02 Å². The number of sulfonamides is 1. The van der Waals surface area contributed by atoms with Crippen molar-refractivity contribution in [1.82, 2.24) is 18.8 Å². The average molecular weight is 499 g/mol. The van der Waals surface area contributed by atoms with Gasteiger partial charge in [-0.25, -0.2) is 13.4 Å². The van der Waals surface area contributed by atoms with Gasteiger partial charge in [0.1, 0.15) is 11.5 Å². The zero-order valence-electron chi connectivity index (χ0n) is 18.9. The van der Waals surface area contributed by atoms with Gasteiger partial charge >= 0.3 is 0 Å². The van der Waals surface area contributed by atoms with Crippen molar-refractivity contribution < 1.29 is 13.2 Å². The van der Waals surface area contributed by atoms with Crippen LogP contribution in [0.3, 0.4) is 0 Å². The minimum Gasteiger partial charge on any atom is -0.335 e. The van der Waals surface area contributed by atoms with Crippen molar-refractivity contribution in [2.45, 2.75) is 37.1 Å². The van der Waals surface area contributed by atoms with Crippen molar-refractivity contribution in [3.8, 4) is 11.4 Å². The van der Waals surface area contributed by atoms with E-state index in [2.05, 4.69) is 4.57 Å². The van der Waals surface area contributed by atoms with Crippen LogP contribution in [0.1, 0.15) is 35.4 Å². The van der Waals surface area contributed by atoms with Gasteiger partial charge in [0.25, 0.3) is 5.91 Å². The van der Waals surface area contributed by atoms with E-state index in [-0.39, 0.29) is 23.9 Å². The Labute approximate surface area is 205 Å². The maximum Gasteiger partial charge on any atom is 0.274 e. The Balaban J connectivity index is 1.37. The fourth-order valence-electron chi connectivity index (χ4n) is 4.74. The standard InChI is InChI=1S/C25H27ClN4O3S/c26-20-10-12-21(13-11-20)34(32,33)29-17-15-28(16-18-29)25(31)23-22-9-5-2-6-14-30(22)24(27-23)19-7-3-1-4-8-19/h1,3-4,7-8,10-13H,2,5-6,9,14-18H2. The molecule has 2 aliphatic heterocycles. The predicted octanol–water partition coefficient (Wildman–Crippen LogP) is 4.08. The second-order valence-electron chi connectivity index (χ2n) is 8.71. The summed E-state index contributed by atoms with van der Waals surface area (Å²) in [6, 6.07) is 16.2. The van der Waals surface area contributed by atoms with Gasteiger partial charge in [-0.3, -0.25) is 4.79 Å². The highest BCUT2D eigenvalue weighted by atomic mass is 35.5. The maximum atomic E-state index is 13.6. The van der Waals surface area contributed by atoms with E-state index in [0.29, 0.717) is 23.8 Å². The summed E-state index contributed by atoms with van der Waals surface area (Å²) in [5, 5.41) is 0.489. The quantitative estimate of drug-likeness (QED) is 0.543. The normalized spacial score (nSPS) is 17.3. The summed E-state index contributed by atoms with van der Waals surface area (Å²) < 4.78 is 29.6. The Morgan fingerprint density at radius 2 is 1.56 bits per heavy atom. The molecule has 0 saturated carbocycles. The van der Waals surface area contributed by atoms with Gasteiger partial charge in [-0.2, -0.15) is 4.31 Å². The topological polar surface area (TPSA) is 75.5 Å². The van der Waals surface area contributed by atoms with E-state index in [1.54, 1.807) is 17.0 Å². The molecule has 178 valence electrons. The van der Waals surface area contributed by atoms with E-state index >= 15 is 0 Å². The number of imidazole rings is 1. The molecule has 0 bridgehead atoms. The van der Waals surface area contributed by atoms with Crippen molar-refractivity contribution in [2.75, 3.05) is 26.2 Å². The molecule has 34 heavy (non-hydrogen) atoms.